The number of rotatable bonds is 13. The van der Waals surface area contributed by atoms with Crippen LogP contribution in [0, 0.1) is 5.92 Å². The predicted molar refractivity (Wildman–Crippen MR) is 126 cm³/mol. The molecule has 1 saturated heterocycles. The summed E-state index contributed by atoms with van der Waals surface area (Å²) in [5, 5.41) is 6.36. The normalized spacial score (nSPS) is 19.4. The lowest BCUT2D eigenvalue weighted by atomic mass is 10.1. The zero-order chi connectivity index (χ0) is 25.3. The molecule has 0 radical (unpaired) electrons. The molecular formula is C22H31N4O8P. The van der Waals surface area contributed by atoms with Crippen LogP contribution < -0.4 is 20.9 Å². The second-order valence-corrected chi connectivity index (χ2v) is 9.82. The predicted octanol–water partition coefficient (Wildman–Crippen LogP) is 2.38. The standard InChI is InChI=1S/C22H31N4O8P/c1-3-16(4-2)14-31-21(28)13-24-35(30,34-17-8-6-5-7-9-17)32-15-18-10-11-20(33-18)26-22(29)25-19(27)12-23-26/h5-9,12,16,18,20H,3-4,10-11,13-15H2,1-2H3,(H,24,30)(H,25,27,29). The second kappa shape index (κ2) is 12.8. The molecule has 2 N–H and O–H groups in total. The molecule has 0 aliphatic carbocycles. The molecular weight excluding hydrogens is 479 g/mol. The van der Waals surface area contributed by atoms with Gasteiger partial charge in [0.05, 0.1) is 19.3 Å². The van der Waals surface area contributed by atoms with Crippen LogP contribution in [0.1, 0.15) is 45.8 Å². The molecule has 1 aromatic heterocycles. The molecule has 1 aliphatic rings. The molecule has 1 fully saturated rings. The Morgan fingerprint density at radius 3 is 2.69 bits per heavy atom. The Morgan fingerprint density at radius 1 is 1.26 bits per heavy atom. The number of aromatic amines is 1. The van der Waals surface area contributed by atoms with Gasteiger partial charge in [0.25, 0.3) is 5.56 Å². The summed E-state index contributed by atoms with van der Waals surface area (Å²) >= 11 is 0. The first kappa shape index (κ1) is 26.8. The van der Waals surface area contributed by atoms with Crippen LogP contribution in [0.5, 0.6) is 5.75 Å². The molecule has 3 atom stereocenters. The van der Waals surface area contributed by atoms with Crippen LogP contribution in [-0.4, -0.2) is 46.6 Å². The van der Waals surface area contributed by atoms with Gasteiger partial charge in [-0.2, -0.15) is 9.78 Å². The summed E-state index contributed by atoms with van der Waals surface area (Å²) in [5.74, 6) is -0.0134. The van der Waals surface area contributed by atoms with Crippen LogP contribution >= 0.6 is 7.75 Å². The van der Waals surface area contributed by atoms with Gasteiger partial charge in [0, 0.05) is 0 Å². The Hall–Kier alpha value is -2.79. The van der Waals surface area contributed by atoms with Crippen molar-refractivity contribution in [3.8, 4) is 5.75 Å². The van der Waals surface area contributed by atoms with E-state index in [1.54, 1.807) is 30.3 Å². The maximum atomic E-state index is 13.4. The maximum absolute atomic E-state index is 13.4. The van der Waals surface area contributed by atoms with Crippen molar-refractivity contribution in [1.82, 2.24) is 19.9 Å². The molecule has 0 bridgehead atoms. The topological polar surface area (TPSA) is 151 Å². The van der Waals surface area contributed by atoms with Crippen molar-refractivity contribution in [3.63, 3.8) is 0 Å². The fourth-order valence-electron chi connectivity index (χ4n) is 3.41. The highest BCUT2D eigenvalue weighted by Crippen LogP contribution is 2.45. The monoisotopic (exact) mass is 510 g/mol. The molecule has 13 heteroatoms. The van der Waals surface area contributed by atoms with E-state index in [0.29, 0.717) is 18.6 Å². The molecule has 0 saturated carbocycles. The smallest absolute Gasteiger partial charge is 0.459 e. The Bertz CT molecular complexity index is 1120. The lowest BCUT2D eigenvalue weighted by Gasteiger charge is -2.22. The van der Waals surface area contributed by atoms with E-state index in [0.717, 1.165) is 23.7 Å². The molecule has 0 amide bonds. The lowest BCUT2D eigenvalue weighted by molar-refractivity contribution is -0.143. The average Bonchev–Trinajstić information content (AvgIpc) is 3.32. The van der Waals surface area contributed by atoms with Crippen LogP contribution in [-0.2, 0) is 23.4 Å². The molecule has 192 valence electrons. The summed E-state index contributed by atoms with van der Waals surface area (Å²) < 4.78 is 36.7. The van der Waals surface area contributed by atoms with Crippen molar-refractivity contribution in [2.24, 2.45) is 5.92 Å². The highest BCUT2D eigenvalue weighted by molar-refractivity contribution is 7.52. The maximum Gasteiger partial charge on any atom is 0.459 e. The average molecular weight is 510 g/mol. The van der Waals surface area contributed by atoms with E-state index in [2.05, 4.69) is 15.2 Å². The van der Waals surface area contributed by atoms with E-state index in [1.807, 2.05) is 13.8 Å². The van der Waals surface area contributed by atoms with Crippen molar-refractivity contribution >= 4 is 13.7 Å². The Labute approximate surface area is 202 Å². The molecule has 35 heavy (non-hydrogen) atoms. The van der Waals surface area contributed by atoms with E-state index >= 15 is 0 Å². The molecule has 12 nitrogen and oxygen atoms in total. The summed E-state index contributed by atoms with van der Waals surface area (Å²) in [6.07, 6.45) is 2.47. The van der Waals surface area contributed by atoms with E-state index < -0.39 is 37.3 Å². The zero-order valence-corrected chi connectivity index (χ0v) is 20.6. The van der Waals surface area contributed by atoms with Crippen LogP contribution in [0.25, 0.3) is 0 Å². The number of carbonyl (C=O) groups excluding carboxylic acids is 1. The van der Waals surface area contributed by atoms with Gasteiger partial charge in [-0.05, 0) is 30.9 Å². The molecule has 2 heterocycles. The van der Waals surface area contributed by atoms with Crippen molar-refractivity contribution in [3.05, 3.63) is 57.4 Å². The number of esters is 1. The van der Waals surface area contributed by atoms with Crippen molar-refractivity contribution in [2.45, 2.75) is 51.9 Å². The summed E-state index contributed by atoms with van der Waals surface area (Å²) in [6.45, 7) is 3.84. The summed E-state index contributed by atoms with van der Waals surface area (Å²) in [5.41, 5.74) is -1.29. The van der Waals surface area contributed by atoms with Gasteiger partial charge in [-0.3, -0.25) is 19.1 Å². The highest BCUT2D eigenvalue weighted by atomic mass is 31.2. The zero-order valence-electron chi connectivity index (χ0n) is 19.8. The van der Waals surface area contributed by atoms with Gasteiger partial charge in [0.1, 0.15) is 18.5 Å². The van der Waals surface area contributed by atoms with Gasteiger partial charge in [0.2, 0.25) is 0 Å². The number of nitrogens with zero attached hydrogens (tertiary/aromatic N) is 2. The first-order valence-corrected chi connectivity index (χ1v) is 13.1. The minimum Gasteiger partial charge on any atom is -0.464 e. The van der Waals surface area contributed by atoms with Gasteiger partial charge in [0.15, 0.2) is 6.23 Å². The fourth-order valence-corrected chi connectivity index (χ4v) is 4.70. The van der Waals surface area contributed by atoms with Crippen molar-refractivity contribution in [1.29, 1.82) is 0 Å². The van der Waals surface area contributed by atoms with Gasteiger partial charge in [-0.1, -0.05) is 44.9 Å². The molecule has 2 aromatic rings. The minimum absolute atomic E-state index is 0.130. The quantitative estimate of drug-likeness (QED) is 0.304. The van der Waals surface area contributed by atoms with Crippen LogP contribution in [0.15, 0.2) is 46.1 Å². The Kier molecular flexibility index (Phi) is 9.79. The molecule has 1 aromatic carbocycles. The SMILES string of the molecule is CCC(CC)COC(=O)CNP(=O)(OCC1CCC(n2ncc(=O)[nH]c2=O)O1)Oc1ccccc1. The third kappa shape index (κ3) is 8.14. The first-order valence-electron chi connectivity index (χ1n) is 11.6. The first-order chi connectivity index (χ1) is 16.8. The summed E-state index contributed by atoms with van der Waals surface area (Å²) in [6, 6.07) is 8.42. The largest absolute Gasteiger partial charge is 0.464 e. The van der Waals surface area contributed by atoms with Crippen molar-refractivity contribution < 1.29 is 27.9 Å². The Balaban J connectivity index is 1.59. The van der Waals surface area contributed by atoms with Crippen LogP contribution in [0.2, 0.25) is 0 Å². The lowest BCUT2D eigenvalue weighted by Crippen LogP contribution is -2.34. The van der Waals surface area contributed by atoms with Crippen molar-refractivity contribution in [2.75, 3.05) is 19.8 Å². The number of benzene rings is 1. The molecule has 1 aliphatic heterocycles. The number of ether oxygens (including phenoxy) is 2. The number of para-hydroxylation sites is 1. The minimum atomic E-state index is -3.98. The van der Waals surface area contributed by atoms with Crippen LogP contribution in [0.3, 0.4) is 0 Å². The molecule has 0 spiro atoms. The van der Waals surface area contributed by atoms with E-state index in [1.165, 1.54) is 0 Å². The number of nitrogens with one attached hydrogen (secondary N) is 2. The third-order valence-electron chi connectivity index (χ3n) is 5.55. The van der Waals surface area contributed by atoms with Gasteiger partial charge >= 0.3 is 19.4 Å². The summed E-state index contributed by atoms with van der Waals surface area (Å²) in [4.78, 5) is 37.5. The van der Waals surface area contributed by atoms with E-state index in [9.17, 15) is 18.9 Å². The fraction of sp³-hybridized carbons (Fsp3) is 0.545. The number of carbonyl (C=O) groups is 1. The summed E-state index contributed by atoms with van der Waals surface area (Å²) in [7, 11) is -3.98. The van der Waals surface area contributed by atoms with Gasteiger partial charge in [-0.15, -0.1) is 0 Å². The second-order valence-electron chi connectivity index (χ2n) is 8.07. The van der Waals surface area contributed by atoms with E-state index in [4.69, 9.17) is 18.5 Å². The third-order valence-corrected chi connectivity index (χ3v) is 7.03. The molecule has 3 unspecified atom stereocenters. The van der Waals surface area contributed by atoms with E-state index in [-0.39, 0.29) is 25.7 Å². The van der Waals surface area contributed by atoms with Gasteiger partial charge < -0.3 is 14.0 Å². The number of aromatic nitrogens is 3. The number of hydrogen-bond donors (Lipinski definition) is 2. The number of hydrogen-bond acceptors (Lipinski definition) is 9. The van der Waals surface area contributed by atoms with Gasteiger partial charge in [-0.25, -0.2) is 14.4 Å². The Morgan fingerprint density at radius 2 is 2.00 bits per heavy atom. The number of H-pyrrole nitrogens is 1. The van der Waals surface area contributed by atoms with Crippen LogP contribution in [0.4, 0.5) is 0 Å². The highest BCUT2D eigenvalue weighted by Gasteiger charge is 2.33. The molecule has 3 rings (SSSR count).